The second-order valence-corrected chi connectivity index (χ2v) is 5.18. The van der Waals surface area contributed by atoms with Crippen molar-refractivity contribution < 1.29 is 19.0 Å². The number of hydrogen-bond donors (Lipinski definition) is 0. The van der Waals surface area contributed by atoms with Gasteiger partial charge in [0.15, 0.2) is 11.5 Å². The molecule has 0 aliphatic carbocycles. The third kappa shape index (κ3) is 4.36. The van der Waals surface area contributed by atoms with Gasteiger partial charge in [0, 0.05) is 12.5 Å². The number of benzene rings is 2. The van der Waals surface area contributed by atoms with Crippen molar-refractivity contribution in [2.75, 3.05) is 13.2 Å². The Hall–Kier alpha value is -2.75. The smallest absolute Gasteiger partial charge is 0.331 e. The van der Waals surface area contributed by atoms with E-state index in [0.717, 1.165) is 23.3 Å². The zero-order chi connectivity index (χ0) is 15.9. The lowest BCUT2D eigenvalue weighted by Crippen LogP contribution is -2.00. The largest absolute Gasteiger partial charge is 0.490 e. The first kappa shape index (κ1) is 15.2. The molecule has 0 bridgehead atoms. The van der Waals surface area contributed by atoms with Crippen LogP contribution in [0.25, 0.3) is 6.08 Å². The van der Waals surface area contributed by atoms with Crippen molar-refractivity contribution >= 4 is 12.0 Å². The number of rotatable bonds is 4. The molecule has 2 aromatic carbocycles. The van der Waals surface area contributed by atoms with E-state index < -0.39 is 0 Å². The highest BCUT2D eigenvalue weighted by Crippen LogP contribution is 2.30. The minimum absolute atomic E-state index is 0.269. The Labute approximate surface area is 135 Å². The van der Waals surface area contributed by atoms with Crippen LogP contribution in [-0.4, -0.2) is 19.2 Å². The molecule has 0 fully saturated rings. The molecular formula is C19H18O4. The van der Waals surface area contributed by atoms with E-state index in [1.54, 1.807) is 6.08 Å². The summed E-state index contributed by atoms with van der Waals surface area (Å²) < 4.78 is 16.4. The van der Waals surface area contributed by atoms with E-state index in [1.807, 2.05) is 48.5 Å². The van der Waals surface area contributed by atoms with Gasteiger partial charge < -0.3 is 14.2 Å². The molecule has 4 nitrogen and oxygen atoms in total. The molecule has 118 valence electrons. The molecule has 1 aliphatic heterocycles. The third-order valence-corrected chi connectivity index (χ3v) is 3.41. The zero-order valence-electron chi connectivity index (χ0n) is 12.7. The van der Waals surface area contributed by atoms with Crippen LogP contribution in [0.1, 0.15) is 17.5 Å². The standard InChI is InChI=1S/C19H18O4/c20-19(23-14-16-5-2-1-3-6-16)10-8-15-7-9-17-18(13-15)22-12-4-11-21-17/h1-3,5-10,13H,4,11-12,14H2/b10-8+. The number of esters is 1. The maximum absolute atomic E-state index is 11.8. The fourth-order valence-electron chi connectivity index (χ4n) is 2.22. The number of carbonyl (C=O) groups excluding carboxylic acids is 1. The Bertz CT molecular complexity index is 692. The van der Waals surface area contributed by atoms with Crippen LogP contribution in [0.5, 0.6) is 11.5 Å². The lowest BCUT2D eigenvalue weighted by molar-refractivity contribution is -0.138. The van der Waals surface area contributed by atoms with Gasteiger partial charge in [-0.15, -0.1) is 0 Å². The first-order valence-corrected chi connectivity index (χ1v) is 7.60. The number of hydrogen-bond acceptors (Lipinski definition) is 4. The van der Waals surface area contributed by atoms with E-state index in [-0.39, 0.29) is 12.6 Å². The molecule has 1 aliphatic rings. The highest BCUT2D eigenvalue weighted by Gasteiger charge is 2.09. The fourth-order valence-corrected chi connectivity index (χ4v) is 2.22. The summed E-state index contributed by atoms with van der Waals surface area (Å²) in [4.78, 5) is 11.8. The van der Waals surface area contributed by atoms with Gasteiger partial charge in [-0.25, -0.2) is 4.79 Å². The second-order valence-electron chi connectivity index (χ2n) is 5.18. The summed E-state index contributed by atoms with van der Waals surface area (Å²) in [5, 5.41) is 0. The monoisotopic (exact) mass is 310 g/mol. The normalized spacial score (nSPS) is 13.6. The van der Waals surface area contributed by atoms with E-state index in [9.17, 15) is 4.79 Å². The van der Waals surface area contributed by atoms with Crippen LogP contribution in [0.3, 0.4) is 0 Å². The van der Waals surface area contributed by atoms with Gasteiger partial charge >= 0.3 is 5.97 Å². The molecule has 0 N–H and O–H groups in total. The van der Waals surface area contributed by atoms with E-state index in [0.29, 0.717) is 19.0 Å². The molecule has 0 saturated heterocycles. The quantitative estimate of drug-likeness (QED) is 0.639. The Balaban J connectivity index is 1.59. The van der Waals surface area contributed by atoms with Crippen molar-refractivity contribution in [3.8, 4) is 11.5 Å². The number of carbonyl (C=O) groups is 1. The van der Waals surface area contributed by atoms with Gasteiger partial charge in [-0.2, -0.15) is 0 Å². The average Bonchev–Trinajstić information content (AvgIpc) is 2.84. The molecule has 0 spiro atoms. The molecule has 0 aromatic heterocycles. The molecule has 0 unspecified atom stereocenters. The molecule has 23 heavy (non-hydrogen) atoms. The molecule has 0 atom stereocenters. The highest BCUT2D eigenvalue weighted by molar-refractivity contribution is 5.87. The summed E-state index contributed by atoms with van der Waals surface area (Å²) in [5.74, 6) is 1.08. The van der Waals surface area contributed by atoms with Crippen molar-refractivity contribution in [2.24, 2.45) is 0 Å². The van der Waals surface area contributed by atoms with Gasteiger partial charge in [-0.05, 0) is 29.3 Å². The van der Waals surface area contributed by atoms with Gasteiger partial charge in [-0.1, -0.05) is 36.4 Å². The van der Waals surface area contributed by atoms with Crippen molar-refractivity contribution in [3.63, 3.8) is 0 Å². The summed E-state index contributed by atoms with van der Waals surface area (Å²) >= 11 is 0. The van der Waals surface area contributed by atoms with Crippen LogP contribution in [0.4, 0.5) is 0 Å². The molecule has 0 radical (unpaired) electrons. The summed E-state index contributed by atoms with van der Waals surface area (Å²) in [6, 6.07) is 15.2. The second kappa shape index (κ2) is 7.49. The fraction of sp³-hybridized carbons (Fsp3) is 0.211. The van der Waals surface area contributed by atoms with Crippen LogP contribution in [0, 0.1) is 0 Å². The molecule has 0 saturated carbocycles. The predicted octanol–water partition coefficient (Wildman–Crippen LogP) is 3.60. The van der Waals surface area contributed by atoms with E-state index >= 15 is 0 Å². The lowest BCUT2D eigenvalue weighted by atomic mass is 10.2. The molecular weight excluding hydrogens is 292 g/mol. The lowest BCUT2D eigenvalue weighted by Gasteiger charge is -2.07. The zero-order valence-corrected chi connectivity index (χ0v) is 12.7. The van der Waals surface area contributed by atoms with Crippen LogP contribution in [0.15, 0.2) is 54.6 Å². The van der Waals surface area contributed by atoms with Gasteiger partial charge in [0.05, 0.1) is 13.2 Å². The van der Waals surface area contributed by atoms with Crippen molar-refractivity contribution in [3.05, 3.63) is 65.7 Å². The minimum Gasteiger partial charge on any atom is -0.490 e. The van der Waals surface area contributed by atoms with Crippen molar-refractivity contribution in [2.45, 2.75) is 13.0 Å². The van der Waals surface area contributed by atoms with Crippen LogP contribution in [0.2, 0.25) is 0 Å². The molecule has 3 rings (SSSR count). The van der Waals surface area contributed by atoms with Crippen LogP contribution in [-0.2, 0) is 16.1 Å². The van der Waals surface area contributed by atoms with Gasteiger partial charge in [0.2, 0.25) is 0 Å². The molecule has 0 amide bonds. The summed E-state index contributed by atoms with van der Waals surface area (Å²) in [5.41, 5.74) is 1.83. The Morgan fingerprint density at radius 3 is 2.65 bits per heavy atom. The Morgan fingerprint density at radius 2 is 1.83 bits per heavy atom. The summed E-state index contributed by atoms with van der Waals surface area (Å²) in [7, 11) is 0. The van der Waals surface area contributed by atoms with E-state index in [1.165, 1.54) is 6.08 Å². The molecule has 1 heterocycles. The first-order valence-electron chi connectivity index (χ1n) is 7.60. The van der Waals surface area contributed by atoms with Crippen molar-refractivity contribution in [1.82, 2.24) is 0 Å². The van der Waals surface area contributed by atoms with Crippen LogP contribution >= 0.6 is 0 Å². The SMILES string of the molecule is O=C(/C=C/c1ccc2c(c1)OCCCO2)OCc1ccccc1. The Morgan fingerprint density at radius 1 is 1.04 bits per heavy atom. The predicted molar refractivity (Wildman–Crippen MR) is 87.3 cm³/mol. The van der Waals surface area contributed by atoms with Crippen LogP contribution < -0.4 is 9.47 Å². The van der Waals surface area contributed by atoms with Crippen molar-refractivity contribution in [1.29, 1.82) is 0 Å². The Kier molecular flexibility index (Phi) is 4.94. The summed E-state index contributed by atoms with van der Waals surface area (Å²) in [6.45, 7) is 1.57. The van der Waals surface area contributed by atoms with Gasteiger partial charge in [0.25, 0.3) is 0 Å². The summed E-state index contributed by atoms with van der Waals surface area (Å²) in [6.07, 6.45) is 4.00. The number of ether oxygens (including phenoxy) is 3. The highest BCUT2D eigenvalue weighted by atomic mass is 16.5. The maximum atomic E-state index is 11.8. The average molecular weight is 310 g/mol. The minimum atomic E-state index is -0.374. The van der Waals surface area contributed by atoms with Gasteiger partial charge in [-0.3, -0.25) is 0 Å². The van der Waals surface area contributed by atoms with E-state index in [4.69, 9.17) is 14.2 Å². The molecule has 2 aromatic rings. The maximum Gasteiger partial charge on any atom is 0.331 e. The van der Waals surface area contributed by atoms with E-state index in [2.05, 4.69) is 0 Å². The van der Waals surface area contributed by atoms with Gasteiger partial charge in [0.1, 0.15) is 6.61 Å². The first-order chi connectivity index (χ1) is 11.3. The number of fused-ring (bicyclic) bond motifs is 1. The third-order valence-electron chi connectivity index (χ3n) is 3.41. The topological polar surface area (TPSA) is 44.8 Å². The molecule has 4 heteroatoms.